The van der Waals surface area contributed by atoms with Crippen molar-refractivity contribution in [3.8, 4) is 45.0 Å². The second-order valence-corrected chi connectivity index (χ2v) is 8.99. The van der Waals surface area contributed by atoms with Crippen molar-refractivity contribution in [3.63, 3.8) is 0 Å². The quantitative estimate of drug-likeness (QED) is 0.235. The van der Waals surface area contributed by atoms with Crippen molar-refractivity contribution in [2.24, 2.45) is 0 Å². The first-order valence-electron chi connectivity index (χ1n) is 14.4. The summed E-state index contributed by atoms with van der Waals surface area (Å²) in [6, 6.07) is 27.6. The lowest BCUT2D eigenvalue weighted by Gasteiger charge is -2.10. The Morgan fingerprint density at radius 2 is 1.29 bits per heavy atom. The van der Waals surface area contributed by atoms with Gasteiger partial charge in [-0.1, -0.05) is 103 Å². The van der Waals surface area contributed by atoms with E-state index < -0.39 is 30.2 Å². The number of furan rings is 1. The van der Waals surface area contributed by atoms with Crippen molar-refractivity contribution in [1.82, 2.24) is 15.0 Å². The summed E-state index contributed by atoms with van der Waals surface area (Å²) in [5.41, 5.74) is 6.01. The van der Waals surface area contributed by atoms with Crippen molar-refractivity contribution >= 4 is 33.5 Å². The van der Waals surface area contributed by atoms with Gasteiger partial charge in [0, 0.05) is 21.9 Å². The molecule has 38 heavy (non-hydrogen) atoms. The topological polar surface area (TPSA) is 51.8 Å². The first-order valence-corrected chi connectivity index (χ1v) is 12.3. The van der Waals surface area contributed by atoms with Crippen molar-refractivity contribution in [2.75, 3.05) is 0 Å². The molecule has 0 saturated carbocycles. The molecule has 4 nitrogen and oxygen atoms in total. The van der Waals surface area contributed by atoms with Gasteiger partial charge < -0.3 is 4.42 Å². The van der Waals surface area contributed by atoms with E-state index in [0.29, 0.717) is 16.7 Å². The molecule has 0 amide bonds. The number of aromatic nitrogens is 3. The molecule has 180 valence electrons. The molecule has 0 bridgehead atoms. The molecular weight excluding hydrogens is 490 g/mol. The Hall–Kier alpha value is -4.80. The van der Waals surface area contributed by atoms with E-state index in [0.717, 1.165) is 33.0 Å². The summed E-state index contributed by atoms with van der Waals surface area (Å²) in [5, 5.41) is 1.42. The highest BCUT2D eigenvalue weighted by Gasteiger charge is 2.18. The molecule has 7 rings (SSSR count). The van der Waals surface area contributed by atoms with Crippen LogP contribution in [0.2, 0.25) is 5.28 Å². The Kier molecular flexibility index (Phi) is 4.29. The van der Waals surface area contributed by atoms with Crippen LogP contribution in [-0.2, 0) is 0 Å². The van der Waals surface area contributed by atoms with E-state index >= 15 is 0 Å². The van der Waals surface area contributed by atoms with E-state index in [2.05, 4.69) is 45.3 Å². The zero-order chi connectivity index (χ0) is 29.8. The molecule has 0 N–H and O–H groups in total. The third-order valence-corrected chi connectivity index (χ3v) is 6.56. The van der Waals surface area contributed by atoms with E-state index in [1.807, 2.05) is 60.7 Å². The second-order valence-electron chi connectivity index (χ2n) is 8.65. The maximum Gasteiger partial charge on any atom is 0.226 e. The van der Waals surface area contributed by atoms with Gasteiger partial charge in [-0.2, -0.15) is 9.97 Å². The zero-order valence-electron chi connectivity index (χ0n) is 24.8. The molecule has 0 radical (unpaired) electrons. The van der Waals surface area contributed by atoms with Crippen LogP contribution in [0, 0.1) is 0 Å². The van der Waals surface area contributed by atoms with Crippen molar-refractivity contribution < 1.29 is 11.3 Å². The van der Waals surface area contributed by atoms with E-state index in [-0.39, 0.29) is 22.5 Å². The number of benzene rings is 5. The molecule has 5 heteroatoms. The molecule has 0 atom stereocenters. The monoisotopic (exact) mass is 514 g/mol. The van der Waals surface area contributed by atoms with E-state index in [1.165, 1.54) is 0 Å². The Labute approximate surface area is 231 Å². The predicted molar refractivity (Wildman–Crippen MR) is 154 cm³/mol. The molecule has 0 saturated heterocycles. The highest BCUT2D eigenvalue weighted by atomic mass is 35.5. The van der Waals surface area contributed by atoms with E-state index in [4.69, 9.17) is 22.9 Å². The van der Waals surface area contributed by atoms with Gasteiger partial charge in [0.15, 0.2) is 11.6 Å². The van der Waals surface area contributed by atoms with Gasteiger partial charge in [0.25, 0.3) is 0 Å². The van der Waals surface area contributed by atoms with Gasteiger partial charge in [-0.05, 0) is 52.1 Å². The highest BCUT2D eigenvalue weighted by molar-refractivity contribution is 6.28. The molecule has 2 heterocycles. The highest BCUT2D eigenvalue weighted by Crippen LogP contribution is 2.39. The molecule has 0 aliphatic rings. The zero-order valence-corrected chi connectivity index (χ0v) is 20.5. The Morgan fingerprint density at radius 3 is 2.11 bits per heavy atom. The largest absolute Gasteiger partial charge is 0.456 e. The minimum atomic E-state index is -0.501. The average Bonchev–Trinajstić information content (AvgIpc) is 3.41. The van der Waals surface area contributed by atoms with Gasteiger partial charge >= 0.3 is 0 Å². The first-order chi connectivity index (χ1) is 20.8. The van der Waals surface area contributed by atoms with Crippen LogP contribution in [0.3, 0.4) is 0 Å². The summed E-state index contributed by atoms with van der Waals surface area (Å²) < 4.78 is 47.0. The minimum Gasteiger partial charge on any atom is -0.456 e. The SMILES string of the molecule is [2H]c1c([2H])c([2H])c(-c2nc(Cl)nc(-c3cccc4oc5ccc(-c6ccccc6-c6ccccc6)cc5c34)n2)c([2H])c1[2H]. The lowest BCUT2D eigenvalue weighted by Crippen LogP contribution is -1.97. The summed E-state index contributed by atoms with van der Waals surface area (Å²) in [5.74, 6) is 0.0690. The molecule has 5 aromatic carbocycles. The third kappa shape index (κ3) is 3.92. The number of hydrogen-bond donors (Lipinski definition) is 0. The van der Waals surface area contributed by atoms with Crippen LogP contribution in [0.4, 0.5) is 0 Å². The smallest absolute Gasteiger partial charge is 0.226 e. The molecule has 0 fully saturated rings. The number of hydrogen-bond acceptors (Lipinski definition) is 4. The van der Waals surface area contributed by atoms with Gasteiger partial charge in [0.1, 0.15) is 11.2 Å². The van der Waals surface area contributed by atoms with Gasteiger partial charge in [0.2, 0.25) is 5.28 Å². The fourth-order valence-electron chi connectivity index (χ4n) is 4.73. The summed E-state index contributed by atoms with van der Waals surface area (Å²) >= 11 is 6.35. The summed E-state index contributed by atoms with van der Waals surface area (Å²) in [6.07, 6.45) is 0. The summed E-state index contributed by atoms with van der Waals surface area (Å²) in [4.78, 5) is 13.1. The Balaban J connectivity index is 1.44. The standard InChI is InChI=1S/C33H20ClN3O/c34-33-36-31(22-12-5-2-6-13-22)35-32(37-33)26-16-9-17-29-30(26)27-20-23(18-19-28(27)38-29)25-15-8-7-14-24(25)21-10-3-1-4-11-21/h1-20H/i2D,5D,6D,12D,13D. The fourth-order valence-corrected chi connectivity index (χ4v) is 4.89. The molecule has 0 unspecified atom stereocenters. The molecular formula is C33H20ClN3O. The van der Waals surface area contributed by atoms with Gasteiger partial charge in [-0.15, -0.1) is 0 Å². The molecule has 0 aliphatic carbocycles. The Bertz CT molecular complexity index is 2190. The number of nitrogens with zero attached hydrogens (tertiary/aromatic N) is 3. The second kappa shape index (κ2) is 9.25. The van der Waals surface area contributed by atoms with Crippen LogP contribution in [0.25, 0.3) is 67.0 Å². The van der Waals surface area contributed by atoms with Crippen molar-refractivity contribution in [2.45, 2.75) is 0 Å². The van der Waals surface area contributed by atoms with Gasteiger partial charge in [-0.3, -0.25) is 0 Å². The normalized spacial score (nSPS) is 13.1. The van der Waals surface area contributed by atoms with Crippen LogP contribution >= 0.6 is 11.6 Å². The molecule has 2 aromatic heterocycles. The van der Waals surface area contributed by atoms with Crippen molar-refractivity contribution in [1.29, 1.82) is 0 Å². The minimum absolute atomic E-state index is 0.116. The van der Waals surface area contributed by atoms with Crippen LogP contribution in [0.15, 0.2) is 126 Å². The number of halogens is 1. The van der Waals surface area contributed by atoms with Gasteiger partial charge in [0.05, 0.1) is 6.85 Å². The van der Waals surface area contributed by atoms with Crippen LogP contribution in [0.5, 0.6) is 0 Å². The van der Waals surface area contributed by atoms with Gasteiger partial charge in [-0.25, -0.2) is 4.98 Å². The van der Waals surface area contributed by atoms with E-state index in [9.17, 15) is 0 Å². The Morgan fingerprint density at radius 1 is 0.579 bits per heavy atom. The summed E-state index contributed by atoms with van der Waals surface area (Å²) in [7, 11) is 0. The predicted octanol–water partition coefficient (Wildman–Crippen LogP) is 9.09. The lowest BCUT2D eigenvalue weighted by molar-refractivity contribution is 0.669. The molecule has 0 spiro atoms. The maximum atomic E-state index is 8.39. The summed E-state index contributed by atoms with van der Waals surface area (Å²) in [6.45, 7) is 0. The third-order valence-electron chi connectivity index (χ3n) is 6.39. The van der Waals surface area contributed by atoms with Crippen LogP contribution in [0.1, 0.15) is 6.85 Å². The molecule has 0 aliphatic heterocycles. The fraction of sp³-hybridized carbons (Fsp3) is 0. The average molecular weight is 515 g/mol. The maximum absolute atomic E-state index is 8.39. The van der Waals surface area contributed by atoms with Crippen LogP contribution in [-0.4, -0.2) is 15.0 Å². The number of rotatable bonds is 4. The van der Waals surface area contributed by atoms with Crippen LogP contribution < -0.4 is 0 Å². The van der Waals surface area contributed by atoms with Crippen molar-refractivity contribution in [3.05, 3.63) is 126 Å². The van der Waals surface area contributed by atoms with E-state index in [1.54, 1.807) is 0 Å². The number of fused-ring (bicyclic) bond motifs is 3. The molecule has 7 aromatic rings. The first kappa shape index (κ1) is 17.6. The lowest BCUT2D eigenvalue weighted by atomic mass is 9.93.